The van der Waals surface area contributed by atoms with E-state index >= 15 is 0 Å². The van der Waals surface area contributed by atoms with E-state index in [1.165, 1.54) is 24.3 Å². The number of nitrogens with zero attached hydrogens (tertiary/aromatic N) is 2. The van der Waals surface area contributed by atoms with Crippen LogP contribution in [-0.2, 0) is 0 Å². The third-order valence-electron chi connectivity index (χ3n) is 3.62. The zero-order valence-electron chi connectivity index (χ0n) is 12.5. The van der Waals surface area contributed by atoms with Gasteiger partial charge in [0.25, 0.3) is 11.6 Å². The van der Waals surface area contributed by atoms with Gasteiger partial charge >= 0.3 is 6.18 Å². The van der Waals surface area contributed by atoms with E-state index in [1.807, 2.05) is 6.92 Å². The topological polar surface area (TPSA) is 73.1 Å². The number of phenols is 1. The van der Waals surface area contributed by atoms with Gasteiger partial charge < -0.3 is 10.2 Å². The molecule has 0 aromatic heterocycles. The molecule has 0 fully saturated rings. The normalized spacial score (nSPS) is 21.4. The first kappa shape index (κ1) is 17.3. The average molecular weight is 330 g/mol. The van der Waals surface area contributed by atoms with E-state index in [0.717, 1.165) is 6.42 Å². The molecule has 8 heteroatoms. The van der Waals surface area contributed by atoms with Gasteiger partial charge in [0, 0.05) is 17.7 Å². The van der Waals surface area contributed by atoms with E-state index in [0.29, 0.717) is 6.42 Å². The average Bonchev–Trinajstić information content (AvgIpc) is 2.83. The highest BCUT2D eigenvalue weighted by atomic mass is 19.4. The maximum absolute atomic E-state index is 13.3. The molecule has 0 saturated carbocycles. The Morgan fingerprint density at radius 3 is 2.48 bits per heavy atom. The molecule has 0 aliphatic carbocycles. The summed E-state index contributed by atoms with van der Waals surface area (Å²) in [5.74, 6) is -1.20. The van der Waals surface area contributed by atoms with Crippen molar-refractivity contribution in [1.29, 1.82) is 0 Å². The second-order valence-corrected chi connectivity index (χ2v) is 5.42. The van der Waals surface area contributed by atoms with Crippen LogP contribution < -0.4 is 0 Å². The van der Waals surface area contributed by atoms with E-state index in [-0.39, 0.29) is 28.5 Å². The van der Waals surface area contributed by atoms with E-state index in [1.54, 1.807) is 0 Å². The van der Waals surface area contributed by atoms with Gasteiger partial charge in [-0.25, -0.2) is 0 Å². The van der Waals surface area contributed by atoms with Crippen molar-refractivity contribution < 1.29 is 28.2 Å². The Bertz CT molecular complexity index is 613. The Balaban J connectivity index is 2.35. The lowest BCUT2D eigenvalue weighted by Gasteiger charge is -2.32. The van der Waals surface area contributed by atoms with Crippen LogP contribution in [0.15, 0.2) is 29.4 Å². The van der Waals surface area contributed by atoms with E-state index in [9.17, 15) is 28.2 Å². The molecule has 1 aliphatic rings. The fourth-order valence-corrected chi connectivity index (χ4v) is 2.30. The predicted molar refractivity (Wildman–Crippen MR) is 76.9 cm³/mol. The third-order valence-corrected chi connectivity index (χ3v) is 3.62. The van der Waals surface area contributed by atoms with Gasteiger partial charge in [0.1, 0.15) is 5.75 Å². The molecule has 1 atom stereocenters. The summed E-state index contributed by atoms with van der Waals surface area (Å²) >= 11 is 0. The van der Waals surface area contributed by atoms with Crippen LogP contribution in [0.5, 0.6) is 5.75 Å². The fraction of sp³-hybridized carbons (Fsp3) is 0.467. The van der Waals surface area contributed by atoms with E-state index in [4.69, 9.17) is 0 Å². The summed E-state index contributed by atoms with van der Waals surface area (Å²) in [5, 5.41) is 23.1. The molecule has 1 aliphatic heterocycles. The van der Waals surface area contributed by atoms with Gasteiger partial charge in [0.2, 0.25) is 0 Å². The van der Waals surface area contributed by atoms with Crippen LogP contribution in [0.4, 0.5) is 13.2 Å². The number of phenolic OH excluding ortho intramolecular Hbond substituents is 1. The van der Waals surface area contributed by atoms with Crippen molar-refractivity contribution in [2.45, 2.75) is 44.5 Å². The molecular weight excluding hydrogens is 313 g/mol. The number of carbonyl (C=O) groups is 1. The maximum atomic E-state index is 13.3. The van der Waals surface area contributed by atoms with Crippen LogP contribution in [0.3, 0.4) is 0 Å². The molecule has 1 aromatic carbocycles. The molecular formula is C15H17F3N2O3. The number of carbonyl (C=O) groups excluding carboxylic acids is 1. The number of rotatable bonds is 4. The summed E-state index contributed by atoms with van der Waals surface area (Å²) < 4.78 is 39.8. The van der Waals surface area contributed by atoms with Gasteiger partial charge in [-0.15, -0.1) is 0 Å². The van der Waals surface area contributed by atoms with Gasteiger partial charge in [0.15, 0.2) is 0 Å². The number of hydrogen-bond donors (Lipinski definition) is 2. The highest BCUT2D eigenvalue weighted by Crippen LogP contribution is 2.41. The maximum Gasteiger partial charge on any atom is 0.438 e. The molecule has 0 radical (unpaired) electrons. The van der Waals surface area contributed by atoms with Crippen molar-refractivity contribution in [3.8, 4) is 5.75 Å². The highest BCUT2D eigenvalue weighted by molar-refractivity contribution is 5.98. The molecule has 5 nitrogen and oxygen atoms in total. The molecule has 0 bridgehead atoms. The summed E-state index contributed by atoms with van der Waals surface area (Å²) in [4.78, 5) is 12.3. The van der Waals surface area contributed by atoms with Crippen molar-refractivity contribution in [2.24, 2.45) is 5.10 Å². The summed E-state index contributed by atoms with van der Waals surface area (Å²) in [6.45, 7) is 1.88. The van der Waals surface area contributed by atoms with Crippen LogP contribution in [0.1, 0.15) is 43.0 Å². The third kappa shape index (κ3) is 3.31. The Morgan fingerprint density at radius 2 is 1.96 bits per heavy atom. The van der Waals surface area contributed by atoms with Crippen LogP contribution >= 0.6 is 0 Å². The highest BCUT2D eigenvalue weighted by Gasteiger charge is 2.63. The standard InChI is InChI=1S/C15H17F3N2O3/c1-2-3-4-11-9-14(23,15(16,17)18)20(19-11)13(22)10-5-7-12(21)8-6-10/h5-8,21,23H,2-4,9H2,1H3/t14-/m0/s1. The number of halogens is 3. The first-order valence-corrected chi connectivity index (χ1v) is 7.18. The number of amides is 1. The van der Waals surface area contributed by atoms with Crippen molar-refractivity contribution in [3.05, 3.63) is 29.8 Å². The van der Waals surface area contributed by atoms with Crippen LogP contribution in [-0.4, -0.2) is 38.7 Å². The Hall–Kier alpha value is -2.09. The second kappa shape index (κ2) is 6.19. The molecule has 0 unspecified atom stereocenters. The zero-order chi connectivity index (χ0) is 17.3. The van der Waals surface area contributed by atoms with Crippen molar-refractivity contribution in [1.82, 2.24) is 5.01 Å². The molecule has 0 saturated heterocycles. The monoisotopic (exact) mass is 330 g/mol. The smallest absolute Gasteiger partial charge is 0.438 e. The molecule has 1 heterocycles. The SMILES string of the molecule is CCCCC1=NN(C(=O)c2ccc(O)cc2)[C@@](O)(C(F)(F)F)C1. The summed E-state index contributed by atoms with van der Waals surface area (Å²) in [7, 11) is 0. The number of unbranched alkanes of at least 4 members (excludes halogenated alkanes) is 1. The lowest BCUT2D eigenvalue weighted by Crippen LogP contribution is -2.56. The minimum Gasteiger partial charge on any atom is -0.508 e. The molecule has 126 valence electrons. The van der Waals surface area contributed by atoms with Crippen molar-refractivity contribution in [2.75, 3.05) is 0 Å². The van der Waals surface area contributed by atoms with Crippen LogP contribution in [0.25, 0.3) is 0 Å². The number of alkyl halides is 3. The zero-order valence-corrected chi connectivity index (χ0v) is 12.5. The van der Waals surface area contributed by atoms with Gasteiger partial charge in [-0.3, -0.25) is 4.79 Å². The Kier molecular flexibility index (Phi) is 4.65. The lowest BCUT2D eigenvalue weighted by molar-refractivity contribution is -0.297. The minimum atomic E-state index is -5.03. The van der Waals surface area contributed by atoms with Crippen LogP contribution in [0.2, 0.25) is 0 Å². The predicted octanol–water partition coefficient (Wildman–Crippen LogP) is 3.04. The largest absolute Gasteiger partial charge is 0.508 e. The molecule has 0 spiro atoms. The quantitative estimate of drug-likeness (QED) is 0.891. The molecule has 23 heavy (non-hydrogen) atoms. The van der Waals surface area contributed by atoms with E-state index < -0.39 is 24.2 Å². The minimum absolute atomic E-state index is 0.102. The Morgan fingerprint density at radius 1 is 1.35 bits per heavy atom. The Labute approximate surface area is 131 Å². The number of hydrazone groups is 1. The van der Waals surface area contributed by atoms with Gasteiger partial charge in [-0.1, -0.05) is 13.3 Å². The summed E-state index contributed by atoms with van der Waals surface area (Å²) in [6, 6.07) is 4.71. The summed E-state index contributed by atoms with van der Waals surface area (Å²) in [5.41, 5.74) is -3.31. The van der Waals surface area contributed by atoms with E-state index in [2.05, 4.69) is 5.10 Å². The lowest BCUT2D eigenvalue weighted by atomic mass is 10.0. The van der Waals surface area contributed by atoms with Gasteiger partial charge in [-0.05, 0) is 37.1 Å². The molecule has 1 amide bonds. The van der Waals surface area contributed by atoms with Crippen molar-refractivity contribution >= 4 is 11.6 Å². The first-order valence-electron chi connectivity index (χ1n) is 7.18. The number of benzene rings is 1. The first-order chi connectivity index (χ1) is 10.7. The van der Waals surface area contributed by atoms with Gasteiger partial charge in [-0.2, -0.15) is 23.3 Å². The second-order valence-electron chi connectivity index (χ2n) is 5.42. The molecule has 1 aromatic rings. The summed E-state index contributed by atoms with van der Waals surface area (Å²) in [6.07, 6.45) is -4.12. The molecule has 2 rings (SSSR count). The van der Waals surface area contributed by atoms with Crippen LogP contribution in [0, 0.1) is 0 Å². The fourth-order valence-electron chi connectivity index (χ4n) is 2.30. The van der Waals surface area contributed by atoms with Gasteiger partial charge in [0.05, 0.1) is 0 Å². The van der Waals surface area contributed by atoms with Crippen molar-refractivity contribution in [3.63, 3.8) is 0 Å². The molecule has 2 N–H and O–H groups in total. The number of hydrogen-bond acceptors (Lipinski definition) is 4. The number of aromatic hydroxyl groups is 1. The number of aliphatic hydroxyl groups is 1.